The van der Waals surface area contributed by atoms with Crippen molar-refractivity contribution in [1.82, 2.24) is 4.98 Å². The largest absolute Gasteiger partial charge is 0.462 e. The first-order valence-corrected chi connectivity index (χ1v) is 10.6. The van der Waals surface area contributed by atoms with Crippen LogP contribution < -0.4 is 5.32 Å². The first-order chi connectivity index (χ1) is 14.1. The fourth-order valence-corrected chi connectivity index (χ4v) is 4.25. The number of nitriles is 1. The Morgan fingerprint density at radius 3 is 2.76 bits per heavy atom. The molecule has 3 aromatic rings. The molecule has 0 fully saturated rings. The van der Waals surface area contributed by atoms with Gasteiger partial charge in [0.15, 0.2) is 0 Å². The van der Waals surface area contributed by atoms with Gasteiger partial charge in [0, 0.05) is 11.1 Å². The molecule has 0 saturated heterocycles. The monoisotopic (exact) mass is 423 g/mol. The summed E-state index contributed by atoms with van der Waals surface area (Å²) in [4.78, 5) is 30.1. The van der Waals surface area contributed by atoms with Crippen LogP contribution in [0.4, 0.5) is 5.69 Å². The van der Waals surface area contributed by atoms with Gasteiger partial charge in [0.05, 0.1) is 23.6 Å². The molecule has 3 rings (SSSR count). The summed E-state index contributed by atoms with van der Waals surface area (Å²) in [6.07, 6.45) is 1.57. The number of carbonyl (C=O) groups excluding carboxylic acids is 2. The normalized spacial score (nSPS) is 10.2. The van der Waals surface area contributed by atoms with E-state index in [1.807, 2.05) is 30.3 Å². The minimum atomic E-state index is -0.473. The predicted octanol–water partition coefficient (Wildman–Crippen LogP) is 4.59. The van der Waals surface area contributed by atoms with E-state index in [0.29, 0.717) is 21.2 Å². The molecule has 0 saturated carbocycles. The summed E-state index contributed by atoms with van der Waals surface area (Å²) in [7, 11) is 0. The average Bonchev–Trinajstić information content (AvgIpc) is 3.17. The molecule has 2 heterocycles. The van der Waals surface area contributed by atoms with Gasteiger partial charge in [-0.3, -0.25) is 4.79 Å². The molecule has 0 aliphatic heterocycles. The topological polar surface area (TPSA) is 92.1 Å². The number of carbonyl (C=O) groups is 2. The Morgan fingerprint density at radius 2 is 2.03 bits per heavy atom. The van der Waals surface area contributed by atoms with E-state index in [0.717, 1.165) is 10.4 Å². The number of amides is 1. The van der Waals surface area contributed by atoms with Crippen LogP contribution in [0.1, 0.15) is 22.2 Å². The number of nitrogens with one attached hydrogen (secondary N) is 1. The van der Waals surface area contributed by atoms with Gasteiger partial charge in [0.1, 0.15) is 16.0 Å². The SMILES string of the molecule is CCOC(=O)c1sc(-c2ccccc2)cc1NC(=O)CSc1ncccc1C#N. The van der Waals surface area contributed by atoms with E-state index in [2.05, 4.69) is 16.4 Å². The highest BCUT2D eigenvalue weighted by Gasteiger charge is 2.20. The van der Waals surface area contributed by atoms with E-state index < -0.39 is 5.97 Å². The minimum absolute atomic E-state index is 0.0600. The summed E-state index contributed by atoms with van der Waals surface area (Å²) in [5.74, 6) is -0.712. The highest BCUT2D eigenvalue weighted by atomic mass is 32.2. The summed E-state index contributed by atoms with van der Waals surface area (Å²) in [6, 6.07) is 16.8. The summed E-state index contributed by atoms with van der Waals surface area (Å²) in [6.45, 7) is 1.98. The van der Waals surface area contributed by atoms with Crippen LogP contribution in [0, 0.1) is 11.3 Å². The van der Waals surface area contributed by atoms with Crippen LogP contribution in [0.25, 0.3) is 10.4 Å². The van der Waals surface area contributed by atoms with Crippen molar-refractivity contribution in [3.8, 4) is 16.5 Å². The molecule has 0 bridgehead atoms. The van der Waals surface area contributed by atoms with Gasteiger partial charge < -0.3 is 10.1 Å². The van der Waals surface area contributed by atoms with Gasteiger partial charge in [-0.15, -0.1) is 11.3 Å². The molecule has 1 aromatic carbocycles. The minimum Gasteiger partial charge on any atom is -0.462 e. The number of thioether (sulfide) groups is 1. The third-order valence-electron chi connectivity index (χ3n) is 3.76. The van der Waals surface area contributed by atoms with Crippen molar-refractivity contribution in [3.63, 3.8) is 0 Å². The standard InChI is InChI=1S/C21H17N3O3S2/c1-2-27-21(26)19-16(11-17(29-19)14-7-4-3-5-8-14)24-18(25)13-28-20-15(12-22)9-6-10-23-20/h3-11H,2,13H2,1H3,(H,24,25). The summed E-state index contributed by atoms with van der Waals surface area (Å²) in [5, 5.41) is 12.4. The fraction of sp³-hybridized carbons (Fsp3) is 0.143. The Labute approximate surface area is 176 Å². The number of rotatable bonds is 7. The van der Waals surface area contributed by atoms with E-state index in [-0.39, 0.29) is 18.3 Å². The molecule has 8 heteroatoms. The number of pyridine rings is 1. The second-order valence-electron chi connectivity index (χ2n) is 5.74. The molecule has 2 aromatic heterocycles. The maximum absolute atomic E-state index is 12.5. The number of benzene rings is 1. The number of hydrogen-bond donors (Lipinski definition) is 1. The van der Waals surface area contributed by atoms with Crippen LogP contribution in [-0.4, -0.2) is 29.2 Å². The van der Waals surface area contributed by atoms with Gasteiger partial charge in [-0.1, -0.05) is 42.1 Å². The van der Waals surface area contributed by atoms with E-state index in [4.69, 9.17) is 10.00 Å². The molecular formula is C21H17N3O3S2. The van der Waals surface area contributed by atoms with Crippen molar-refractivity contribution < 1.29 is 14.3 Å². The first-order valence-electron chi connectivity index (χ1n) is 8.76. The van der Waals surface area contributed by atoms with E-state index in [9.17, 15) is 9.59 Å². The van der Waals surface area contributed by atoms with Crippen LogP contribution in [0.5, 0.6) is 0 Å². The summed E-state index contributed by atoms with van der Waals surface area (Å²) >= 11 is 2.44. The Balaban J connectivity index is 1.78. The maximum Gasteiger partial charge on any atom is 0.350 e. The quantitative estimate of drug-likeness (QED) is 0.441. The first kappa shape index (κ1) is 20.6. The number of aromatic nitrogens is 1. The van der Waals surface area contributed by atoms with E-state index in [1.54, 1.807) is 31.3 Å². The zero-order valence-electron chi connectivity index (χ0n) is 15.5. The highest BCUT2D eigenvalue weighted by molar-refractivity contribution is 8.00. The zero-order valence-corrected chi connectivity index (χ0v) is 17.2. The van der Waals surface area contributed by atoms with Crippen LogP contribution >= 0.6 is 23.1 Å². The van der Waals surface area contributed by atoms with Gasteiger partial charge in [0.2, 0.25) is 5.91 Å². The van der Waals surface area contributed by atoms with Crippen LogP contribution in [-0.2, 0) is 9.53 Å². The molecule has 0 radical (unpaired) electrons. The molecule has 29 heavy (non-hydrogen) atoms. The third-order valence-corrected chi connectivity index (χ3v) is 5.93. The van der Waals surface area contributed by atoms with Crippen molar-refractivity contribution in [3.05, 3.63) is 65.2 Å². The smallest absolute Gasteiger partial charge is 0.350 e. The second-order valence-corrected chi connectivity index (χ2v) is 7.76. The molecule has 0 aliphatic rings. The molecule has 146 valence electrons. The lowest BCUT2D eigenvalue weighted by Gasteiger charge is -2.06. The van der Waals surface area contributed by atoms with Crippen molar-refractivity contribution in [2.75, 3.05) is 17.7 Å². The number of ether oxygens (including phenoxy) is 1. The molecule has 0 spiro atoms. The van der Waals surface area contributed by atoms with Crippen LogP contribution in [0.2, 0.25) is 0 Å². The van der Waals surface area contributed by atoms with Gasteiger partial charge in [-0.25, -0.2) is 9.78 Å². The number of hydrogen-bond acceptors (Lipinski definition) is 7. The molecule has 0 unspecified atom stereocenters. The van der Waals surface area contributed by atoms with E-state index >= 15 is 0 Å². The Kier molecular flexibility index (Phi) is 7.00. The Hall–Kier alpha value is -3.15. The molecule has 6 nitrogen and oxygen atoms in total. The number of nitrogens with zero attached hydrogens (tertiary/aromatic N) is 2. The number of anilines is 1. The van der Waals surface area contributed by atoms with Gasteiger partial charge in [-0.2, -0.15) is 5.26 Å². The van der Waals surface area contributed by atoms with Crippen molar-refractivity contribution in [2.45, 2.75) is 11.9 Å². The molecule has 1 N–H and O–H groups in total. The Bertz CT molecular complexity index is 1060. The lowest BCUT2D eigenvalue weighted by atomic mass is 10.2. The maximum atomic E-state index is 12.5. The van der Waals surface area contributed by atoms with Crippen molar-refractivity contribution >= 4 is 40.7 Å². The van der Waals surface area contributed by atoms with Crippen LogP contribution in [0.15, 0.2) is 59.8 Å². The fourth-order valence-electron chi connectivity index (χ4n) is 2.49. The summed E-state index contributed by atoms with van der Waals surface area (Å²) < 4.78 is 5.13. The second kappa shape index (κ2) is 9.87. The highest BCUT2D eigenvalue weighted by Crippen LogP contribution is 2.35. The van der Waals surface area contributed by atoms with Crippen molar-refractivity contribution in [1.29, 1.82) is 5.26 Å². The molecule has 1 amide bonds. The predicted molar refractivity (Wildman–Crippen MR) is 114 cm³/mol. The van der Waals surface area contributed by atoms with Gasteiger partial charge >= 0.3 is 5.97 Å². The Morgan fingerprint density at radius 1 is 1.24 bits per heavy atom. The van der Waals surface area contributed by atoms with Crippen LogP contribution in [0.3, 0.4) is 0 Å². The molecule has 0 aliphatic carbocycles. The summed E-state index contributed by atoms with van der Waals surface area (Å²) in [5.41, 5.74) is 1.78. The number of thiophene rings is 1. The van der Waals surface area contributed by atoms with Gasteiger partial charge in [-0.05, 0) is 30.7 Å². The lowest BCUT2D eigenvalue weighted by Crippen LogP contribution is -2.16. The molecular weight excluding hydrogens is 406 g/mol. The third kappa shape index (κ3) is 5.22. The number of esters is 1. The molecule has 0 atom stereocenters. The van der Waals surface area contributed by atoms with E-state index in [1.165, 1.54) is 23.1 Å². The van der Waals surface area contributed by atoms with Crippen molar-refractivity contribution in [2.24, 2.45) is 0 Å². The average molecular weight is 424 g/mol. The van der Waals surface area contributed by atoms with Gasteiger partial charge in [0.25, 0.3) is 0 Å². The lowest BCUT2D eigenvalue weighted by molar-refractivity contribution is -0.113. The zero-order chi connectivity index (χ0) is 20.6.